The van der Waals surface area contributed by atoms with E-state index in [0.717, 1.165) is 16.9 Å². The molecule has 5 nitrogen and oxygen atoms in total. The van der Waals surface area contributed by atoms with Crippen molar-refractivity contribution in [1.29, 1.82) is 0 Å². The largest absolute Gasteiger partial charge is 0.477 e. The molecule has 1 aromatic carbocycles. The van der Waals surface area contributed by atoms with Crippen LogP contribution in [0.5, 0.6) is 0 Å². The molecular formula is C14H12N2O3S. The van der Waals surface area contributed by atoms with Crippen molar-refractivity contribution in [1.82, 2.24) is 5.43 Å². The number of thiophene rings is 1. The van der Waals surface area contributed by atoms with E-state index in [1.54, 1.807) is 24.3 Å². The third-order valence-electron chi connectivity index (χ3n) is 2.48. The zero-order valence-electron chi connectivity index (χ0n) is 10.7. The van der Waals surface area contributed by atoms with Crippen LogP contribution in [0.3, 0.4) is 0 Å². The van der Waals surface area contributed by atoms with Crippen LogP contribution in [0.4, 0.5) is 0 Å². The lowest BCUT2D eigenvalue weighted by Crippen LogP contribution is -2.17. The molecule has 0 atom stereocenters. The van der Waals surface area contributed by atoms with E-state index in [1.807, 2.05) is 13.0 Å². The Balaban J connectivity index is 1.99. The molecule has 2 N–H and O–H groups in total. The highest BCUT2D eigenvalue weighted by Crippen LogP contribution is 2.14. The summed E-state index contributed by atoms with van der Waals surface area (Å²) in [7, 11) is 0. The van der Waals surface area contributed by atoms with Gasteiger partial charge in [-0.1, -0.05) is 17.7 Å². The molecule has 0 spiro atoms. The van der Waals surface area contributed by atoms with E-state index < -0.39 is 5.97 Å². The summed E-state index contributed by atoms with van der Waals surface area (Å²) in [6.45, 7) is 1.90. The first kappa shape index (κ1) is 14.0. The average molecular weight is 288 g/mol. The fraction of sp³-hybridized carbons (Fsp3) is 0.0714. The van der Waals surface area contributed by atoms with Crippen LogP contribution in [0.25, 0.3) is 0 Å². The molecule has 2 rings (SSSR count). The minimum atomic E-state index is -0.974. The minimum Gasteiger partial charge on any atom is -0.477 e. The van der Waals surface area contributed by atoms with Crippen molar-refractivity contribution >= 4 is 29.4 Å². The fourth-order valence-corrected chi connectivity index (χ4v) is 2.26. The standard InChI is InChI=1S/C14H12N2O3S/c1-9-3-2-4-10(7-9)13(17)16-15-8-11-5-6-12(20-11)14(18)19/h2-8H,1H3,(H,16,17)(H,18,19). The van der Waals surface area contributed by atoms with Gasteiger partial charge in [0.15, 0.2) is 0 Å². The first-order chi connectivity index (χ1) is 9.56. The number of aryl methyl sites for hydroxylation is 1. The van der Waals surface area contributed by atoms with Crippen LogP contribution >= 0.6 is 11.3 Å². The van der Waals surface area contributed by atoms with Gasteiger partial charge in [-0.3, -0.25) is 4.79 Å². The van der Waals surface area contributed by atoms with Crippen molar-refractivity contribution in [2.24, 2.45) is 5.10 Å². The van der Waals surface area contributed by atoms with Crippen LogP contribution in [-0.2, 0) is 0 Å². The molecule has 0 aliphatic rings. The number of benzene rings is 1. The van der Waals surface area contributed by atoms with Gasteiger partial charge in [0, 0.05) is 10.4 Å². The number of nitrogens with zero attached hydrogens (tertiary/aromatic N) is 1. The highest BCUT2D eigenvalue weighted by Gasteiger charge is 2.06. The van der Waals surface area contributed by atoms with Gasteiger partial charge in [-0.05, 0) is 31.2 Å². The smallest absolute Gasteiger partial charge is 0.345 e. The Bertz CT molecular complexity index is 677. The number of carboxylic acid groups (broad SMARTS) is 1. The highest BCUT2D eigenvalue weighted by atomic mass is 32.1. The SMILES string of the molecule is Cc1cccc(C(=O)NN=Cc2ccc(C(=O)O)s2)c1. The average Bonchev–Trinajstić information content (AvgIpc) is 2.87. The molecule has 1 aromatic heterocycles. The summed E-state index contributed by atoms with van der Waals surface area (Å²) in [5, 5.41) is 12.6. The highest BCUT2D eigenvalue weighted by molar-refractivity contribution is 7.15. The molecular weight excluding hydrogens is 276 g/mol. The van der Waals surface area contributed by atoms with Crippen molar-refractivity contribution in [3.63, 3.8) is 0 Å². The van der Waals surface area contributed by atoms with Crippen LogP contribution in [0.15, 0.2) is 41.5 Å². The maximum absolute atomic E-state index is 11.8. The second-order valence-electron chi connectivity index (χ2n) is 4.08. The van der Waals surface area contributed by atoms with Gasteiger partial charge >= 0.3 is 5.97 Å². The first-order valence-electron chi connectivity index (χ1n) is 5.79. The van der Waals surface area contributed by atoms with Gasteiger partial charge in [0.1, 0.15) is 4.88 Å². The zero-order valence-corrected chi connectivity index (χ0v) is 11.5. The summed E-state index contributed by atoms with van der Waals surface area (Å²) < 4.78 is 0. The van der Waals surface area contributed by atoms with Crippen molar-refractivity contribution in [3.8, 4) is 0 Å². The molecule has 102 valence electrons. The Kier molecular flexibility index (Phi) is 4.27. The molecule has 1 heterocycles. The van der Waals surface area contributed by atoms with Crippen LogP contribution in [0, 0.1) is 6.92 Å². The van der Waals surface area contributed by atoms with Crippen molar-refractivity contribution in [3.05, 3.63) is 57.3 Å². The topological polar surface area (TPSA) is 78.8 Å². The fourth-order valence-electron chi connectivity index (χ4n) is 1.54. The summed E-state index contributed by atoms with van der Waals surface area (Å²) in [5.41, 5.74) is 3.92. The molecule has 0 fully saturated rings. The molecule has 0 saturated carbocycles. The van der Waals surface area contributed by atoms with E-state index in [4.69, 9.17) is 5.11 Å². The maximum Gasteiger partial charge on any atom is 0.345 e. The van der Waals surface area contributed by atoms with Gasteiger partial charge in [-0.2, -0.15) is 5.10 Å². The first-order valence-corrected chi connectivity index (χ1v) is 6.61. The Labute approximate surface area is 119 Å². The second-order valence-corrected chi connectivity index (χ2v) is 5.19. The predicted molar refractivity (Wildman–Crippen MR) is 77.5 cm³/mol. The molecule has 0 unspecified atom stereocenters. The number of aromatic carboxylic acids is 1. The number of carbonyl (C=O) groups excluding carboxylic acids is 1. The van der Waals surface area contributed by atoms with Crippen molar-refractivity contribution in [2.75, 3.05) is 0 Å². The lowest BCUT2D eigenvalue weighted by atomic mass is 10.1. The summed E-state index contributed by atoms with van der Waals surface area (Å²) in [6.07, 6.45) is 1.42. The van der Waals surface area contributed by atoms with E-state index in [2.05, 4.69) is 10.5 Å². The second kappa shape index (κ2) is 6.12. The van der Waals surface area contributed by atoms with E-state index in [0.29, 0.717) is 10.4 Å². The summed E-state index contributed by atoms with van der Waals surface area (Å²) in [4.78, 5) is 23.4. The van der Waals surface area contributed by atoms with Gasteiger partial charge in [-0.15, -0.1) is 11.3 Å². The number of nitrogens with one attached hydrogen (secondary N) is 1. The van der Waals surface area contributed by atoms with Gasteiger partial charge in [0.2, 0.25) is 0 Å². The van der Waals surface area contributed by atoms with Gasteiger partial charge in [0.25, 0.3) is 5.91 Å². The number of hydrogen-bond acceptors (Lipinski definition) is 4. The van der Waals surface area contributed by atoms with Gasteiger partial charge in [0.05, 0.1) is 6.21 Å². The van der Waals surface area contributed by atoms with E-state index in [1.165, 1.54) is 12.3 Å². The maximum atomic E-state index is 11.8. The molecule has 0 saturated heterocycles. The monoisotopic (exact) mass is 288 g/mol. The van der Waals surface area contributed by atoms with E-state index in [9.17, 15) is 9.59 Å². The molecule has 0 aliphatic heterocycles. The summed E-state index contributed by atoms with van der Waals surface area (Å²) in [6, 6.07) is 10.3. The van der Waals surface area contributed by atoms with Crippen LogP contribution in [0.1, 0.15) is 30.5 Å². The van der Waals surface area contributed by atoms with Crippen molar-refractivity contribution < 1.29 is 14.7 Å². The Morgan fingerprint density at radius 1 is 1.30 bits per heavy atom. The number of amides is 1. The Hall–Kier alpha value is -2.47. The molecule has 20 heavy (non-hydrogen) atoms. The molecule has 0 radical (unpaired) electrons. The number of carbonyl (C=O) groups is 2. The third-order valence-corrected chi connectivity index (χ3v) is 3.48. The molecule has 0 bridgehead atoms. The van der Waals surface area contributed by atoms with E-state index >= 15 is 0 Å². The van der Waals surface area contributed by atoms with Gasteiger partial charge in [-0.25, -0.2) is 10.2 Å². The van der Waals surface area contributed by atoms with Crippen molar-refractivity contribution in [2.45, 2.75) is 6.92 Å². The van der Waals surface area contributed by atoms with Crippen LogP contribution in [0.2, 0.25) is 0 Å². The summed E-state index contributed by atoms with van der Waals surface area (Å²) in [5.74, 6) is -1.28. The number of carboxylic acids is 1. The number of hydrogen-bond donors (Lipinski definition) is 2. The molecule has 1 amide bonds. The Morgan fingerprint density at radius 2 is 2.10 bits per heavy atom. The normalized spacial score (nSPS) is 10.7. The Morgan fingerprint density at radius 3 is 2.75 bits per heavy atom. The van der Waals surface area contributed by atoms with Crippen LogP contribution < -0.4 is 5.43 Å². The number of hydrazone groups is 1. The van der Waals surface area contributed by atoms with Gasteiger partial charge < -0.3 is 5.11 Å². The molecule has 0 aliphatic carbocycles. The zero-order chi connectivity index (χ0) is 14.5. The third kappa shape index (κ3) is 3.52. The summed E-state index contributed by atoms with van der Waals surface area (Å²) >= 11 is 1.09. The molecule has 2 aromatic rings. The minimum absolute atomic E-state index is 0.233. The quantitative estimate of drug-likeness (QED) is 0.670. The lowest BCUT2D eigenvalue weighted by Gasteiger charge is -2.00. The van der Waals surface area contributed by atoms with Crippen LogP contribution in [-0.4, -0.2) is 23.2 Å². The lowest BCUT2D eigenvalue weighted by molar-refractivity contribution is 0.0702. The number of rotatable bonds is 4. The molecule has 6 heteroatoms. The van der Waals surface area contributed by atoms with E-state index in [-0.39, 0.29) is 10.8 Å². The predicted octanol–water partition coefficient (Wildman–Crippen LogP) is 2.52.